The molecule has 1 nitrogen and oxygen atoms in total. The molecule has 0 spiro atoms. The lowest BCUT2D eigenvalue weighted by molar-refractivity contribution is 1.38. The topological polar surface area (TPSA) is 12.0 Å². The van der Waals surface area contributed by atoms with Gasteiger partial charge in [-0.25, -0.2) is 0 Å². The summed E-state index contributed by atoms with van der Waals surface area (Å²) in [5.41, 5.74) is 2.26. The molecular weight excluding hydrogens is 246 g/mol. The summed E-state index contributed by atoms with van der Waals surface area (Å²) in [5, 5.41) is 3.44. The number of thioether (sulfide) groups is 2. The Morgan fingerprint density at radius 2 is 2.00 bits per heavy atom. The van der Waals surface area contributed by atoms with Gasteiger partial charge in [-0.3, -0.25) is 0 Å². The lowest BCUT2D eigenvalue weighted by Crippen LogP contribution is -1.92. The van der Waals surface area contributed by atoms with Gasteiger partial charge in [0.1, 0.15) is 0 Å². The van der Waals surface area contributed by atoms with Crippen molar-refractivity contribution in [2.45, 2.75) is 9.79 Å². The van der Waals surface area contributed by atoms with Gasteiger partial charge in [-0.2, -0.15) is 0 Å². The second kappa shape index (κ2) is 6.03. The van der Waals surface area contributed by atoms with Crippen LogP contribution >= 0.6 is 23.5 Å². The lowest BCUT2D eigenvalue weighted by atomic mass is 10.2. The zero-order chi connectivity index (χ0) is 12.1. The molecule has 0 amide bonds. The predicted octanol–water partition coefficient (Wildman–Crippen LogP) is 4.67. The maximum atomic E-state index is 3.44. The van der Waals surface area contributed by atoms with E-state index in [0.29, 0.717) is 0 Å². The maximum Gasteiger partial charge on any atom is 0.0522 e. The highest BCUT2D eigenvalue weighted by Crippen LogP contribution is 2.28. The van der Waals surface area contributed by atoms with Crippen molar-refractivity contribution in [1.82, 2.24) is 0 Å². The van der Waals surface area contributed by atoms with Gasteiger partial charge in [-0.1, -0.05) is 12.1 Å². The first-order valence-electron chi connectivity index (χ1n) is 5.28. The van der Waals surface area contributed by atoms with Gasteiger partial charge in [0.2, 0.25) is 0 Å². The van der Waals surface area contributed by atoms with Crippen LogP contribution in [0.2, 0.25) is 0 Å². The van der Waals surface area contributed by atoms with Crippen LogP contribution in [-0.2, 0) is 0 Å². The molecule has 0 saturated heterocycles. The molecule has 0 fully saturated rings. The fourth-order valence-corrected chi connectivity index (χ4v) is 2.53. The predicted molar refractivity (Wildman–Crippen MR) is 78.6 cm³/mol. The quantitative estimate of drug-likeness (QED) is 0.802. The standard InChI is InChI=1S/C14H14NS2/c1-16-12-7-5-6-11(10-12)15-13-8-3-4-9-14(13)17-2/h3,5-10,15H,1-2H3. The van der Waals surface area contributed by atoms with Crippen LogP contribution in [0.25, 0.3) is 0 Å². The molecule has 2 rings (SSSR count). The second-order valence-corrected chi connectivity index (χ2v) is 5.21. The molecule has 0 saturated carbocycles. The minimum atomic E-state index is 1.12. The van der Waals surface area contributed by atoms with Gasteiger partial charge in [0.25, 0.3) is 0 Å². The Labute approximate surface area is 111 Å². The third-order valence-electron chi connectivity index (χ3n) is 2.39. The summed E-state index contributed by atoms with van der Waals surface area (Å²) < 4.78 is 0. The van der Waals surface area contributed by atoms with Crippen molar-refractivity contribution in [3.8, 4) is 0 Å². The van der Waals surface area contributed by atoms with E-state index in [-0.39, 0.29) is 0 Å². The molecule has 0 aliphatic rings. The summed E-state index contributed by atoms with van der Waals surface area (Å²) >= 11 is 3.48. The van der Waals surface area contributed by atoms with Crippen molar-refractivity contribution >= 4 is 34.9 Å². The fraction of sp³-hybridized carbons (Fsp3) is 0.143. The van der Waals surface area contributed by atoms with Crippen LogP contribution < -0.4 is 5.32 Å². The Hall–Kier alpha value is -1.06. The van der Waals surface area contributed by atoms with Crippen LogP contribution in [0.1, 0.15) is 0 Å². The van der Waals surface area contributed by atoms with E-state index in [4.69, 9.17) is 0 Å². The molecule has 0 unspecified atom stereocenters. The van der Waals surface area contributed by atoms with Crippen molar-refractivity contribution in [2.24, 2.45) is 0 Å². The van der Waals surface area contributed by atoms with Crippen LogP contribution in [0.15, 0.2) is 52.3 Å². The molecule has 2 aromatic carbocycles. The molecule has 0 atom stereocenters. The maximum absolute atomic E-state index is 3.44. The Balaban J connectivity index is 2.24. The molecular formula is C14H14NS2. The van der Waals surface area contributed by atoms with Crippen molar-refractivity contribution in [1.29, 1.82) is 0 Å². The number of nitrogens with one attached hydrogen (secondary N) is 1. The van der Waals surface area contributed by atoms with Crippen LogP contribution in [0.5, 0.6) is 0 Å². The third-order valence-corrected chi connectivity index (χ3v) is 3.90. The van der Waals surface area contributed by atoms with Gasteiger partial charge in [0.15, 0.2) is 0 Å². The van der Waals surface area contributed by atoms with Crippen molar-refractivity contribution in [2.75, 3.05) is 17.8 Å². The van der Waals surface area contributed by atoms with Crippen LogP contribution in [-0.4, -0.2) is 12.5 Å². The van der Waals surface area contributed by atoms with Gasteiger partial charge in [0, 0.05) is 15.5 Å². The first-order chi connectivity index (χ1) is 8.33. The van der Waals surface area contributed by atoms with E-state index >= 15 is 0 Å². The average Bonchev–Trinajstić information content (AvgIpc) is 2.39. The highest BCUT2D eigenvalue weighted by Gasteiger charge is 2.01. The average molecular weight is 260 g/mol. The van der Waals surface area contributed by atoms with Crippen molar-refractivity contribution < 1.29 is 0 Å². The zero-order valence-electron chi connectivity index (χ0n) is 9.86. The number of benzene rings is 2. The fourth-order valence-electron chi connectivity index (χ4n) is 1.54. The van der Waals surface area contributed by atoms with Gasteiger partial charge in [-0.15, -0.1) is 23.5 Å². The highest BCUT2D eigenvalue weighted by molar-refractivity contribution is 7.99. The van der Waals surface area contributed by atoms with Crippen molar-refractivity contribution in [3.63, 3.8) is 0 Å². The molecule has 2 aromatic rings. The Morgan fingerprint density at radius 1 is 1.12 bits per heavy atom. The normalized spacial score (nSPS) is 10.2. The third kappa shape index (κ3) is 3.20. The van der Waals surface area contributed by atoms with E-state index < -0.39 is 0 Å². The highest BCUT2D eigenvalue weighted by atomic mass is 32.2. The smallest absolute Gasteiger partial charge is 0.0522 e. The zero-order valence-corrected chi connectivity index (χ0v) is 11.5. The first kappa shape index (κ1) is 12.4. The van der Waals surface area contributed by atoms with Crippen LogP contribution in [0.4, 0.5) is 11.4 Å². The Bertz CT molecular complexity index is 497. The van der Waals surface area contributed by atoms with E-state index in [9.17, 15) is 0 Å². The lowest BCUT2D eigenvalue weighted by Gasteiger charge is -2.10. The molecule has 87 valence electrons. The molecule has 0 heterocycles. The minimum absolute atomic E-state index is 1.12. The molecule has 0 aromatic heterocycles. The van der Waals surface area contributed by atoms with E-state index in [0.717, 1.165) is 11.4 Å². The Kier molecular flexibility index (Phi) is 4.40. The van der Waals surface area contributed by atoms with E-state index in [1.54, 1.807) is 23.5 Å². The number of anilines is 2. The molecule has 1 radical (unpaired) electrons. The molecule has 0 bridgehead atoms. The van der Waals surface area contributed by atoms with E-state index in [1.165, 1.54) is 9.79 Å². The summed E-state index contributed by atoms with van der Waals surface area (Å²) in [6.07, 6.45) is 4.16. The molecule has 3 heteroatoms. The number of rotatable bonds is 4. The molecule has 0 aliphatic heterocycles. The number of hydrogen-bond donors (Lipinski definition) is 1. The van der Waals surface area contributed by atoms with E-state index in [2.05, 4.69) is 54.2 Å². The van der Waals surface area contributed by atoms with Gasteiger partial charge >= 0.3 is 0 Å². The minimum Gasteiger partial charge on any atom is -0.355 e. The van der Waals surface area contributed by atoms with Crippen molar-refractivity contribution in [3.05, 3.63) is 48.5 Å². The SMILES string of the molecule is CSc1cccc(Nc2cc[c]cc2SC)c1. The van der Waals surface area contributed by atoms with Gasteiger partial charge in [-0.05, 0) is 48.9 Å². The monoisotopic (exact) mass is 260 g/mol. The number of hydrogen-bond acceptors (Lipinski definition) is 3. The summed E-state index contributed by atoms with van der Waals surface area (Å²) in [6, 6.07) is 17.5. The second-order valence-electron chi connectivity index (χ2n) is 3.48. The molecule has 1 N–H and O–H groups in total. The largest absolute Gasteiger partial charge is 0.355 e. The van der Waals surface area contributed by atoms with Gasteiger partial charge < -0.3 is 5.32 Å². The Morgan fingerprint density at radius 3 is 2.76 bits per heavy atom. The molecule has 17 heavy (non-hydrogen) atoms. The summed E-state index contributed by atoms with van der Waals surface area (Å²) in [7, 11) is 0. The summed E-state index contributed by atoms with van der Waals surface area (Å²) in [5.74, 6) is 0. The van der Waals surface area contributed by atoms with Gasteiger partial charge in [0.05, 0.1) is 5.69 Å². The van der Waals surface area contributed by atoms with Crippen LogP contribution in [0, 0.1) is 6.07 Å². The van der Waals surface area contributed by atoms with E-state index in [1.807, 2.05) is 12.1 Å². The molecule has 0 aliphatic carbocycles. The summed E-state index contributed by atoms with van der Waals surface area (Å²) in [4.78, 5) is 2.48. The first-order valence-corrected chi connectivity index (χ1v) is 7.73. The van der Waals surface area contributed by atoms with Crippen LogP contribution in [0.3, 0.4) is 0 Å². The summed E-state index contributed by atoms with van der Waals surface area (Å²) in [6.45, 7) is 0.